The second-order valence-corrected chi connectivity index (χ2v) is 4.04. The van der Waals surface area contributed by atoms with Crippen LogP contribution in [0.4, 0.5) is 4.39 Å². The maximum absolute atomic E-state index is 12.5. The Morgan fingerprint density at radius 2 is 1.86 bits per heavy atom. The third-order valence-corrected chi connectivity index (χ3v) is 1.80. The lowest BCUT2D eigenvalue weighted by Gasteiger charge is -2.17. The Morgan fingerprint density at radius 3 is 2.36 bits per heavy atom. The highest BCUT2D eigenvalue weighted by Crippen LogP contribution is 2.03. The Balaban J connectivity index is 2.35. The predicted molar refractivity (Wildman–Crippen MR) is 54.4 cm³/mol. The van der Waals surface area contributed by atoms with Gasteiger partial charge in [0, 0.05) is 13.1 Å². The first-order valence-corrected chi connectivity index (χ1v) is 4.65. The maximum atomic E-state index is 12.5. The lowest BCUT2D eigenvalue weighted by molar-refractivity contribution is 0.0795. The molecule has 1 rings (SSSR count). The Hall–Kier alpha value is -0.930. The summed E-state index contributed by atoms with van der Waals surface area (Å²) in [5.41, 5.74) is 0.302. The minimum absolute atomic E-state index is 0.226. The standard InChI is InChI=1S/C11H16FNO/c1-11(2,14)8-13-7-9-3-5-10(12)6-4-9/h3-6,13-14H,7-8H2,1-2H3. The molecule has 0 aliphatic heterocycles. The molecule has 2 nitrogen and oxygen atoms in total. The van der Waals surface area contributed by atoms with Gasteiger partial charge in [0.05, 0.1) is 5.60 Å². The van der Waals surface area contributed by atoms with Crippen molar-refractivity contribution in [3.8, 4) is 0 Å². The van der Waals surface area contributed by atoms with Crippen LogP contribution < -0.4 is 5.32 Å². The number of nitrogens with one attached hydrogen (secondary N) is 1. The Morgan fingerprint density at radius 1 is 1.29 bits per heavy atom. The normalized spacial score (nSPS) is 11.7. The molecule has 0 heterocycles. The lowest BCUT2D eigenvalue weighted by Crippen LogP contribution is -2.34. The predicted octanol–water partition coefficient (Wildman–Crippen LogP) is 1.69. The minimum atomic E-state index is -0.708. The minimum Gasteiger partial charge on any atom is -0.389 e. The molecule has 78 valence electrons. The van der Waals surface area contributed by atoms with Crippen LogP contribution in [0.2, 0.25) is 0 Å². The molecule has 0 fully saturated rings. The molecular weight excluding hydrogens is 181 g/mol. The van der Waals surface area contributed by atoms with Crippen LogP contribution in [-0.4, -0.2) is 17.3 Å². The van der Waals surface area contributed by atoms with Crippen LogP contribution in [0, 0.1) is 5.82 Å². The van der Waals surface area contributed by atoms with Crippen molar-refractivity contribution in [1.29, 1.82) is 0 Å². The largest absolute Gasteiger partial charge is 0.389 e. The quantitative estimate of drug-likeness (QED) is 0.769. The molecule has 0 saturated heterocycles. The first-order chi connectivity index (χ1) is 6.47. The van der Waals surface area contributed by atoms with Crippen molar-refractivity contribution >= 4 is 0 Å². The van der Waals surface area contributed by atoms with Gasteiger partial charge in [0.2, 0.25) is 0 Å². The van der Waals surface area contributed by atoms with E-state index in [0.29, 0.717) is 13.1 Å². The maximum Gasteiger partial charge on any atom is 0.123 e. The molecule has 2 N–H and O–H groups in total. The molecule has 0 saturated carbocycles. The summed E-state index contributed by atoms with van der Waals surface area (Å²) < 4.78 is 12.5. The Kier molecular flexibility index (Phi) is 3.61. The van der Waals surface area contributed by atoms with Crippen molar-refractivity contribution < 1.29 is 9.50 Å². The molecule has 1 aromatic carbocycles. The van der Waals surface area contributed by atoms with Gasteiger partial charge in [-0.1, -0.05) is 12.1 Å². The van der Waals surface area contributed by atoms with Crippen molar-refractivity contribution in [2.45, 2.75) is 26.0 Å². The van der Waals surface area contributed by atoms with E-state index >= 15 is 0 Å². The van der Waals surface area contributed by atoms with Gasteiger partial charge in [-0.15, -0.1) is 0 Å². The smallest absolute Gasteiger partial charge is 0.123 e. The average Bonchev–Trinajstić information content (AvgIpc) is 2.06. The van der Waals surface area contributed by atoms with Gasteiger partial charge in [-0.3, -0.25) is 0 Å². The molecule has 0 bridgehead atoms. The van der Waals surface area contributed by atoms with Crippen LogP contribution >= 0.6 is 0 Å². The summed E-state index contributed by atoms with van der Waals surface area (Å²) >= 11 is 0. The molecule has 0 aromatic heterocycles. The summed E-state index contributed by atoms with van der Waals surface area (Å²) in [7, 11) is 0. The lowest BCUT2D eigenvalue weighted by atomic mass is 10.1. The van der Waals surface area contributed by atoms with E-state index in [1.54, 1.807) is 26.0 Å². The summed E-state index contributed by atoms with van der Waals surface area (Å²) in [5.74, 6) is -0.226. The second kappa shape index (κ2) is 4.53. The highest BCUT2D eigenvalue weighted by atomic mass is 19.1. The zero-order valence-electron chi connectivity index (χ0n) is 8.55. The molecular formula is C11H16FNO. The molecule has 1 aromatic rings. The molecule has 0 aliphatic carbocycles. The van der Waals surface area contributed by atoms with Crippen molar-refractivity contribution in [1.82, 2.24) is 5.32 Å². The molecule has 3 heteroatoms. The fraction of sp³-hybridized carbons (Fsp3) is 0.455. The fourth-order valence-corrected chi connectivity index (χ4v) is 1.11. The van der Waals surface area contributed by atoms with E-state index in [2.05, 4.69) is 5.32 Å². The number of rotatable bonds is 4. The van der Waals surface area contributed by atoms with Crippen molar-refractivity contribution in [3.63, 3.8) is 0 Å². The molecule has 0 amide bonds. The van der Waals surface area contributed by atoms with Gasteiger partial charge >= 0.3 is 0 Å². The summed E-state index contributed by atoms with van der Waals surface area (Å²) in [4.78, 5) is 0. The molecule has 0 unspecified atom stereocenters. The van der Waals surface area contributed by atoms with Gasteiger partial charge in [0.15, 0.2) is 0 Å². The summed E-state index contributed by atoms with van der Waals surface area (Å²) in [6.07, 6.45) is 0. The second-order valence-electron chi connectivity index (χ2n) is 4.04. The van der Waals surface area contributed by atoms with Gasteiger partial charge in [-0.05, 0) is 31.5 Å². The zero-order chi connectivity index (χ0) is 10.6. The molecule has 14 heavy (non-hydrogen) atoms. The molecule has 0 aliphatic rings. The Labute approximate surface area is 83.8 Å². The highest BCUT2D eigenvalue weighted by Gasteiger charge is 2.10. The van der Waals surface area contributed by atoms with E-state index in [4.69, 9.17) is 0 Å². The van der Waals surface area contributed by atoms with Crippen LogP contribution in [-0.2, 0) is 6.54 Å². The number of hydrogen-bond donors (Lipinski definition) is 2. The van der Waals surface area contributed by atoms with Crippen molar-refractivity contribution in [3.05, 3.63) is 35.6 Å². The number of halogens is 1. The van der Waals surface area contributed by atoms with E-state index < -0.39 is 5.60 Å². The molecule has 0 spiro atoms. The van der Waals surface area contributed by atoms with Crippen LogP contribution in [0.25, 0.3) is 0 Å². The van der Waals surface area contributed by atoms with E-state index in [1.165, 1.54) is 12.1 Å². The third kappa shape index (κ3) is 4.35. The molecule has 0 radical (unpaired) electrons. The van der Waals surface area contributed by atoms with Crippen LogP contribution in [0.15, 0.2) is 24.3 Å². The van der Waals surface area contributed by atoms with E-state index in [0.717, 1.165) is 5.56 Å². The monoisotopic (exact) mass is 197 g/mol. The van der Waals surface area contributed by atoms with Gasteiger partial charge in [0.1, 0.15) is 5.82 Å². The zero-order valence-corrected chi connectivity index (χ0v) is 8.55. The van der Waals surface area contributed by atoms with Gasteiger partial charge < -0.3 is 10.4 Å². The number of benzene rings is 1. The first-order valence-electron chi connectivity index (χ1n) is 4.65. The van der Waals surface area contributed by atoms with Gasteiger partial charge in [-0.2, -0.15) is 0 Å². The summed E-state index contributed by atoms with van der Waals surface area (Å²) in [5, 5.41) is 12.5. The van der Waals surface area contributed by atoms with E-state index in [9.17, 15) is 9.50 Å². The van der Waals surface area contributed by atoms with Crippen LogP contribution in [0.5, 0.6) is 0 Å². The number of hydrogen-bond acceptors (Lipinski definition) is 2. The van der Waals surface area contributed by atoms with Crippen molar-refractivity contribution in [2.75, 3.05) is 6.54 Å². The summed E-state index contributed by atoms with van der Waals surface area (Å²) in [6.45, 7) is 4.64. The third-order valence-electron chi connectivity index (χ3n) is 1.80. The van der Waals surface area contributed by atoms with Crippen LogP contribution in [0.1, 0.15) is 19.4 Å². The topological polar surface area (TPSA) is 32.3 Å². The fourth-order valence-electron chi connectivity index (χ4n) is 1.11. The average molecular weight is 197 g/mol. The van der Waals surface area contributed by atoms with Gasteiger partial charge in [0.25, 0.3) is 0 Å². The Bertz CT molecular complexity index is 276. The molecule has 0 atom stereocenters. The van der Waals surface area contributed by atoms with Gasteiger partial charge in [-0.25, -0.2) is 4.39 Å². The van der Waals surface area contributed by atoms with E-state index in [1.807, 2.05) is 0 Å². The van der Waals surface area contributed by atoms with E-state index in [-0.39, 0.29) is 5.82 Å². The number of aliphatic hydroxyl groups is 1. The SMILES string of the molecule is CC(C)(O)CNCc1ccc(F)cc1. The highest BCUT2D eigenvalue weighted by molar-refractivity contribution is 5.15. The first kappa shape index (κ1) is 11.1. The van der Waals surface area contributed by atoms with Crippen LogP contribution in [0.3, 0.4) is 0 Å². The van der Waals surface area contributed by atoms with Crippen molar-refractivity contribution in [2.24, 2.45) is 0 Å². The summed E-state index contributed by atoms with van der Waals surface area (Å²) in [6, 6.07) is 6.32.